The van der Waals surface area contributed by atoms with Crippen molar-refractivity contribution in [2.75, 3.05) is 6.61 Å². The Kier molecular flexibility index (Phi) is 10.8. The maximum Gasteiger partial charge on any atom is 0.331 e. The van der Waals surface area contributed by atoms with Crippen LogP contribution < -0.4 is 9.47 Å². The molecule has 37 heavy (non-hydrogen) atoms. The number of esters is 1. The van der Waals surface area contributed by atoms with E-state index in [1.165, 1.54) is 25.7 Å². The van der Waals surface area contributed by atoms with Crippen molar-refractivity contribution in [1.29, 1.82) is 5.26 Å². The van der Waals surface area contributed by atoms with Gasteiger partial charge in [0.15, 0.2) is 5.41 Å². The Morgan fingerprint density at radius 1 is 0.703 bits per heavy atom. The molecule has 3 rings (SSSR count). The molecule has 3 aromatic rings. The molecular weight excluding hydrogens is 458 g/mol. The van der Waals surface area contributed by atoms with Crippen LogP contribution in [0.15, 0.2) is 72.8 Å². The molecule has 0 bridgehead atoms. The third kappa shape index (κ3) is 8.22. The largest absolute Gasteiger partial charge is 0.494 e. The van der Waals surface area contributed by atoms with Crippen molar-refractivity contribution in [2.24, 2.45) is 5.41 Å². The number of carbonyl (C=O) groups is 1. The van der Waals surface area contributed by atoms with Gasteiger partial charge in [-0.05, 0) is 66.3 Å². The number of unbranched alkanes of at least 4 members (excludes halogenated alkanes) is 5. The van der Waals surface area contributed by atoms with Crippen LogP contribution in [0, 0.1) is 16.7 Å². The van der Waals surface area contributed by atoms with Crippen molar-refractivity contribution in [3.05, 3.63) is 72.8 Å². The quantitative estimate of drug-likeness (QED) is 0.127. The Labute approximate surface area is 222 Å². The smallest absolute Gasteiger partial charge is 0.331 e. The van der Waals surface area contributed by atoms with Crippen molar-refractivity contribution in [2.45, 2.75) is 72.1 Å². The summed E-state index contributed by atoms with van der Waals surface area (Å²) >= 11 is 0. The van der Waals surface area contributed by atoms with Gasteiger partial charge in [0.1, 0.15) is 11.5 Å². The van der Waals surface area contributed by atoms with Crippen molar-refractivity contribution in [1.82, 2.24) is 0 Å². The number of nitrogens with zero attached hydrogens (tertiary/aromatic N) is 1. The van der Waals surface area contributed by atoms with Gasteiger partial charge in [-0.2, -0.15) is 5.26 Å². The summed E-state index contributed by atoms with van der Waals surface area (Å²) in [6.45, 7) is 6.69. The minimum Gasteiger partial charge on any atom is -0.494 e. The van der Waals surface area contributed by atoms with Gasteiger partial charge in [0.2, 0.25) is 0 Å². The van der Waals surface area contributed by atoms with E-state index in [2.05, 4.69) is 49.4 Å². The van der Waals surface area contributed by atoms with Crippen molar-refractivity contribution >= 4 is 5.97 Å². The van der Waals surface area contributed by atoms with Gasteiger partial charge < -0.3 is 9.47 Å². The van der Waals surface area contributed by atoms with E-state index in [4.69, 9.17) is 9.47 Å². The fourth-order valence-electron chi connectivity index (χ4n) is 4.16. The molecule has 0 saturated heterocycles. The Morgan fingerprint density at radius 2 is 1.16 bits per heavy atom. The van der Waals surface area contributed by atoms with E-state index in [1.54, 1.807) is 19.1 Å². The number of hydrogen-bond acceptors (Lipinski definition) is 4. The molecule has 194 valence electrons. The lowest BCUT2D eigenvalue weighted by Crippen LogP contribution is -2.30. The monoisotopic (exact) mass is 497 g/mol. The minimum atomic E-state index is -1.12. The summed E-state index contributed by atoms with van der Waals surface area (Å²) in [5.41, 5.74) is 3.27. The van der Waals surface area contributed by atoms with Gasteiger partial charge in [0.05, 0.1) is 12.7 Å². The normalized spacial score (nSPS) is 12.4. The Hall–Kier alpha value is -3.58. The lowest BCUT2D eigenvalue weighted by Gasteiger charge is -2.19. The zero-order chi connectivity index (χ0) is 26.5. The Morgan fingerprint density at radius 3 is 1.65 bits per heavy atom. The molecule has 1 unspecified atom stereocenters. The van der Waals surface area contributed by atoms with E-state index in [0.717, 1.165) is 53.9 Å². The van der Waals surface area contributed by atoms with Gasteiger partial charge in [-0.3, -0.25) is 0 Å². The molecule has 0 fully saturated rings. The van der Waals surface area contributed by atoms with E-state index in [0.29, 0.717) is 12.2 Å². The maximum absolute atomic E-state index is 12.6. The van der Waals surface area contributed by atoms with Crippen LogP contribution in [0.25, 0.3) is 22.3 Å². The van der Waals surface area contributed by atoms with E-state index in [1.807, 2.05) is 31.2 Å². The highest BCUT2D eigenvalue weighted by molar-refractivity contribution is 5.82. The van der Waals surface area contributed by atoms with Crippen LogP contribution in [0.5, 0.6) is 11.5 Å². The first-order valence-electron chi connectivity index (χ1n) is 13.6. The molecule has 4 nitrogen and oxygen atoms in total. The van der Waals surface area contributed by atoms with Crippen LogP contribution in [0.2, 0.25) is 0 Å². The summed E-state index contributed by atoms with van der Waals surface area (Å²) in [6.07, 6.45) is 8.41. The van der Waals surface area contributed by atoms with Gasteiger partial charge in [-0.15, -0.1) is 0 Å². The zero-order valence-electron chi connectivity index (χ0n) is 22.5. The molecule has 0 spiro atoms. The highest BCUT2D eigenvalue weighted by Crippen LogP contribution is 2.29. The van der Waals surface area contributed by atoms with Crippen molar-refractivity contribution in [3.8, 4) is 39.8 Å². The molecule has 0 aliphatic rings. The maximum atomic E-state index is 12.6. The second kappa shape index (κ2) is 14.2. The minimum absolute atomic E-state index is 0.451. The molecule has 1 atom stereocenters. The fourth-order valence-corrected chi connectivity index (χ4v) is 4.16. The number of benzene rings is 3. The Balaban J connectivity index is 1.56. The van der Waals surface area contributed by atoms with E-state index in [9.17, 15) is 10.1 Å². The molecule has 4 heteroatoms. The van der Waals surface area contributed by atoms with Crippen LogP contribution >= 0.6 is 0 Å². The predicted octanol–water partition coefficient (Wildman–Crippen LogP) is 9.00. The third-order valence-electron chi connectivity index (χ3n) is 6.71. The standard InChI is InChI=1S/C33H39NO3/c1-4-6-8-9-10-24-36-30-19-15-28(16-20-30)26-11-13-27(14-12-26)29-17-21-31(22-18-29)37-32(35)33(3,25-34)23-7-5-2/h11-22H,4-10,23-24H2,1-3H3. The highest BCUT2D eigenvalue weighted by atomic mass is 16.5. The average Bonchev–Trinajstić information content (AvgIpc) is 2.94. The van der Waals surface area contributed by atoms with Gasteiger partial charge >= 0.3 is 5.97 Å². The van der Waals surface area contributed by atoms with Crippen LogP contribution in [0.4, 0.5) is 0 Å². The zero-order valence-corrected chi connectivity index (χ0v) is 22.5. The lowest BCUT2D eigenvalue weighted by molar-refractivity contribution is -0.142. The molecule has 0 radical (unpaired) electrons. The number of nitriles is 1. The van der Waals surface area contributed by atoms with Crippen molar-refractivity contribution in [3.63, 3.8) is 0 Å². The molecule has 0 aliphatic carbocycles. The summed E-state index contributed by atoms with van der Waals surface area (Å²) < 4.78 is 11.4. The summed E-state index contributed by atoms with van der Waals surface area (Å²) in [4.78, 5) is 12.6. The summed E-state index contributed by atoms with van der Waals surface area (Å²) in [5.74, 6) is 0.868. The van der Waals surface area contributed by atoms with E-state index in [-0.39, 0.29) is 0 Å². The summed E-state index contributed by atoms with van der Waals surface area (Å²) in [6, 6.07) is 26.2. The van der Waals surface area contributed by atoms with Gasteiger partial charge in [-0.25, -0.2) is 4.79 Å². The first kappa shape index (κ1) is 28.0. The number of hydrogen-bond donors (Lipinski definition) is 0. The van der Waals surface area contributed by atoms with Crippen LogP contribution in [0.3, 0.4) is 0 Å². The second-order valence-electron chi connectivity index (χ2n) is 9.83. The molecule has 0 aliphatic heterocycles. The molecule has 0 aromatic heterocycles. The number of ether oxygens (including phenoxy) is 2. The van der Waals surface area contributed by atoms with Crippen LogP contribution in [-0.2, 0) is 4.79 Å². The molecule has 0 heterocycles. The average molecular weight is 498 g/mol. The summed E-state index contributed by atoms with van der Waals surface area (Å²) in [7, 11) is 0. The first-order valence-corrected chi connectivity index (χ1v) is 13.6. The first-order chi connectivity index (χ1) is 18.0. The topological polar surface area (TPSA) is 59.3 Å². The van der Waals surface area contributed by atoms with Gasteiger partial charge in [-0.1, -0.05) is 101 Å². The second-order valence-corrected chi connectivity index (χ2v) is 9.83. The SMILES string of the molecule is CCCCCCCOc1ccc(-c2ccc(-c3ccc(OC(=O)C(C)(C#N)CCCC)cc3)cc2)cc1. The molecule has 0 amide bonds. The van der Waals surface area contributed by atoms with Gasteiger partial charge in [0.25, 0.3) is 0 Å². The van der Waals surface area contributed by atoms with Crippen LogP contribution in [0.1, 0.15) is 72.1 Å². The lowest BCUT2D eigenvalue weighted by atomic mass is 9.87. The molecule has 0 saturated carbocycles. The fraction of sp³-hybridized carbons (Fsp3) is 0.394. The Bertz CT molecular complexity index is 1140. The molecular formula is C33H39NO3. The van der Waals surface area contributed by atoms with E-state index >= 15 is 0 Å². The van der Waals surface area contributed by atoms with E-state index < -0.39 is 11.4 Å². The third-order valence-corrected chi connectivity index (χ3v) is 6.71. The highest BCUT2D eigenvalue weighted by Gasteiger charge is 2.34. The van der Waals surface area contributed by atoms with Crippen LogP contribution in [-0.4, -0.2) is 12.6 Å². The number of carbonyl (C=O) groups excluding carboxylic acids is 1. The predicted molar refractivity (Wildman–Crippen MR) is 150 cm³/mol. The molecule has 3 aromatic carbocycles. The van der Waals surface area contributed by atoms with Gasteiger partial charge in [0, 0.05) is 0 Å². The summed E-state index contributed by atoms with van der Waals surface area (Å²) in [5, 5.41) is 9.48. The molecule has 0 N–H and O–H groups in total. The van der Waals surface area contributed by atoms with Crippen molar-refractivity contribution < 1.29 is 14.3 Å². The number of rotatable bonds is 14.